The highest BCUT2D eigenvalue weighted by Crippen LogP contribution is 2.17. The quantitative estimate of drug-likeness (QED) is 0.432. The van der Waals surface area contributed by atoms with E-state index in [1.54, 1.807) is 14.1 Å². The lowest BCUT2D eigenvalue weighted by Crippen LogP contribution is -2.19. The lowest BCUT2D eigenvalue weighted by molar-refractivity contribution is -0.142. The summed E-state index contributed by atoms with van der Waals surface area (Å²) in [5.41, 5.74) is 0. The van der Waals surface area contributed by atoms with Crippen LogP contribution in [-0.2, 0) is 4.79 Å². The standard InChI is InChI=1S/C10H19N3O2/c1-7(2)5-8(10(14)15)6-9(11-3)13-12-4/h7-8H,5-6H2,1-4H3,(H,14,15)/t8-/m0/s1. The van der Waals surface area contributed by atoms with Gasteiger partial charge in [0.15, 0.2) is 0 Å². The Morgan fingerprint density at radius 2 is 1.93 bits per heavy atom. The molecule has 0 saturated carbocycles. The first kappa shape index (κ1) is 13.7. The van der Waals surface area contributed by atoms with E-state index in [0.29, 0.717) is 24.6 Å². The van der Waals surface area contributed by atoms with Gasteiger partial charge in [0, 0.05) is 20.5 Å². The minimum atomic E-state index is -0.795. The fourth-order valence-corrected chi connectivity index (χ4v) is 1.35. The summed E-state index contributed by atoms with van der Waals surface area (Å²) in [6.45, 7) is 4.00. The number of nitrogens with zero attached hydrogens (tertiary/aromatic N) is 3. The second kappa shape index (κ2) is 7.09. The summed E-state index contributed by atoms with van der Waals surface area (Å²) in [6, 6.07) is 0. The number of amidine groups is 1. The van der Waals surface area contributed by atoms with E-state index >= 15 is 0 Å². The van der Waals surface area contributed by atoms with Crippen molar-refractivity contribution in [1.82, 2.24) is 0 Å². The molecule has 0 unspecified atom stereocenters. The van der Waals surface area contributed by atoms with Crippen LogP contribution in [0, 0.1) is 11.8 Å². The molecule has 0 aromatic carbocycles. The molecule has 0 aromatic heterocycles. The van der Waals surface area contributed by atoms with Crippen LogP contribution in [0.1, 0.15) is 26.7 Å². The van der Waals surface area contributed by atoms with Crippen molar-refractivity contribution < 1.29 is 9.90 Å². The number of hydrogen-bond acceptors (Lipinski definition) is 3. The van der Waals surface area contributed by atoms with Gasteiger partial charge in [-0.2, -0.15) is 5.11 Å². The van der Waals surface area contributed by atoms with Crippen molar-refractivity contribution in [3.63, 3.8) is 0 Å². The van der Waals surface area contributed by atoms with Crippen molar-refractivity contribution in [2.45, 2.75) is 26.7 Å². The molecular weight excluding hydrogens is 194 g/mol. The molecule has 5 nitrogen and oxygen atoms in total. The van der Waals surface area contributed by atoms with E-state index in [-0.39, 0.29) is 0 Å². The Labute approximate surface area is 90.3 Å². The highest BCUT2D eigenvalue weighted by molar-refractivity contribution is 5.86. The maximum absolute atomic E-state index is 11.0. The molecule has 0 aliphatic rings. The van der Waals surface area contributed by atoms with E-state index in [9.17, 15) is 4.79 Å². The zero-order valence-electron chi connectivity index (χ0n) is 9.77. The predicted octanol–water partition coefficient (Wildman–Crippen LogP) is 2.23. The molecule has 0 aromatic rings. The van der Waals surface area contributed by atoms with Gasteiger partial charge in [0.1, 0.15) is 5.84 Å². The lowest BCUT2D eigenvalue weighted by Gasteiger charge is -2.13. The molecule has 86 valence electrons. The predicted molar refractivity (Wildman–Crippen MR) is 59.3 cm³/mol. The number of carboxylic acid groups (broad SMARTS) is 1. The second-order valence-corrected chi connectivity index (χ2v) is 3.81. The van der Waals surface area contributed by atoms with Crippen molar-refractivity contribution in [2.75, 3.05) is 14.1 Å². The molecular formula is C10H19N3O2. The molecule has 1 N–H and O–H groups in total. The number of aliphatic carboxylic acids is 1. The Balaban J connectivity index is 4.46. The van der Waals surface area contributed by atoms with Crippen LogP contribution in [-0.4, -0.2) is 31.0 Å². The number of hydrogen-bond donors (Lipinski definition) is 1. The van der Waals surface area contributed by atoms with Crippen molar-refractivity contribution in [3.8, 4) is 0 Å². The number of carboxylic acids is 1. The number of aliphatic imine (C=N–C) groups is 1. The van der Waals surface area contributed by atoms with Gasteiger partial charge in [0.2, 0.25) is 0 Å². The van der Waals surface area contributed by atoms with Gasteiger partial charge in [0.05, 0.1) is 5.92 Å². The van der Waals surface area contributed by atoms with Crippen LogP contribution in [0.15, 0.2) is 15.2 Å². The average molecular weight is 213 g/mol. The molecule has 0 heterocycles. The fourth-order valence-electron chi connectivity index (χ4n) is 1.35. The summed E-state index contributed by atoms with van der Waals surface area (Å²) in [4.78, 5) is 14.9. The van der Waals surface area contributed by atoms with Crippen molar-refractivity contribution in [2.24, 2.45) is 27.1 Å². The Bertz CT molecular complexity index is 259. The van der Waals surface area contributed by atoms with E-state index in [4.69, 9.17) is 5.11 Å². The molecule has 0 bridgehead atoms. The fraction of sp³-hybridized carbons (Fsp3) is 0.800. The van der Waals surface area contributed by atoms with Gasteiger partial charge in [0.25, 0.3) is 0 Å². The van der Waals surface area contributed by atoms with Crippen molar-refractivity contribution in [1.29, 1.82) is 0 Å². The first-order valence-electron chi connectivity index (χ1n) is 4.99. The van der Waals surface area contributed by atoms with E-state index in [0.717, 1.165) is 0 Å². The molecule has 0 radical (unpaired) electrons. The topological polar surface area (TPSA) is 74.4 Å². The maximum atomic E-state index is 11.0. The highest BCUT2D eigenvalue weighted by Gasteiger charge is 2.20. The first-order chi connectivity index (χ1) is 7.01. The lowest BCUT2D eigenvalue weighted by atomic mass is 9.94. The van der Waals surface area contributed by atoms with Gasteiger partial charge in [-0.3, -0.25) is 9.79 Å². The largest absolute Gasteiger partial charge is 0.481 e. The summed E-state index contributed by atoms with van der Waals surface area (Å²) in [6.07, 6.45) is 0.981. The summed E-state index contributed by atoms with van der Waals surface area (Å²) in [7, 11) is 3.14. The number of carbonyl (C=O) groups is 1. The van der Waals surface area contributed by atoms with Crippen molar-refractivity contribution in [3.05, 3.63) is 0 Å². The van der Waals surface area contributed by atoms with E-state index < -0.39 is 11.9 Å². The molecule has 0 fully saturated rings. The monoisotopic (exact) mass is 213 g/mol. The average Bonchev–Trinajstić information content (AvgIpc) is 2.14. The number of rotatable bonds is 5. The van der Waals surface area contributed by atoms with Crippen molar-refractivity contribution >= 4 is 11.8 Å². The molecule has 15 heavy (non-hydrogen) atoms. The Morgan fingerprint density at radius 1 is 1.33 bits per heavy atom. The van der Waals surface area contributed by atoms with Gasteiger partial charge in [-0.05, 0) is 12.3 Å². The van der Waals surface area contributed by atoms with Crippen LogP contribution in [0.5, 0.6) is 0 Å². The van der Waals surface area contributed by atoms with Crippen LogP contribution in [0.25, 0.3) is 0 Å². The van der Waals surface area contributed by atoms with Crippen LogP contribution in [0.2, 0.25) is 0 Å². The summed E-state index contributed by atoms with van der Waals surface area (Å²) in [5.74, 6) is -0.376. The Hall–Kier alpha value is -1.26. The molecule has 0 saturated heterocycles. The van der Waals surface area contributed by atoms with Crippen LogP contribution < -0.4 is 0 Å². The first-order valence-corrected chi connectivity index (χ1v) is 4.99. The van der Waals surface area contributed by atoms with E-state index in [1.807, 2.05) is 13.8 Å². The minimum absolute atomic E-state index is 0.349. The Morgan fingerprint density at radius 3 is 2.27 bits per heavy atom. The zero-order valence-corrected chi connectivity index (χ0v) is 9.77. The molecule has 1 atom stereocenters. The third-order valence-electron chi connectivity index (χ3n) is 2.01. The van der Waals surface area contributed by atoms with Gasteiger partial charge >= 0.3 is 5.97 Å². The smallest absolute Gasteiger partial charge is 0.306 e. The molecule has 0 spiro atoms. The van der Waals surface area contributed by atoms with Gasteiger partial charge in [-0.15, -0.1) is 5.11 Å². The summed E-state index contributed by atoms with van der Waals surface area (Å²) in [5, 5.41) is 16.4. The molecule has 0 aliphatic heterocycles. The second-order valence-electron chi connectivity index (χ2n) is 3.81. The highest BCUT2D eigenvalue weighted by atomic mass is 16.4. The maximum Gasteiger partial charge on any atom is 0.306 e. The normalized spacial score (nSPS) is 14.9. The zero-order chi connectivity index (χ0) is 11.8. The van der Waals surface area contributed by atoms with Crippen LogP contribution in [0.4, 0.5) is 0 Å². The van der Waals surface area contributed by atoms with Crippen LogP contribution >= 0.6 is 0 Å². The van der Waals surface area contributed by atoms with Crippen LogP contribution in [0.3, 0.4) is 0 Å². The molecule has 0 amide bonds. The Kier molecular flexibility index (Phi) is 6.49. The molecule has 0 rings (SSSR count). The molecule has 0 aliphatic carbocycles. The summed E-state index contributed by atoms with van der Waals surface area (Å²) >= 11 is 0. The van der Waals surface area contributed by atoms with Gasteiger partial charge < -0.3 is 5.11 Å². The van der Waals surface area contributed by atoms with Gasteiger partial charge in [-0.1, -0.05) is 13.8 Å². The van der Waals surface area contributed by atoms with E-state index in [1.165, 1.54) is 0 Å². The SMILES string of the molecule is CN=NC(C[C@H](CC(C)C)C(=O)O)=NC. The number of azo groups is 1. The van der Waals surface area contributed by atoms with E-state index in [2.05, 4.69) is 15.2 Å². The molecule has 5 heteroatoms. The third-order valence-corrected chi connectivity index (χ3v) is 2.01. The summed E-state index contributed by atoms with van der Waals surface area (Å²) < 4.78 is 0. The third kappa shape index (κ3) is 5.93. The minimum Gasteiger partial charge on any atom is -0.481 e. The van der Waals surface area contributed by atoms with Gasteiger partial charge in [-0.25, -0.2) is 0 Å².